The number of aromatic nitrogens is 2. The second-order valence-corrected chi connectivity index (χ2v) is 7.89. The van der Waals surface area contributed by atoms with Gasteiger partial charge in [0.1, 0.15) is 17.1 Å². The van der Waals surface area contributed by atoms with Crippen molar-refractivity contribution in [3.05, 3.63) is 57.4 Å². The summed E-state index contributed by atoms with van der Waals surface area (Å²) < 4.78 is 41.8. The number of nitrogens with zero attached hydrogens (tertiary/aromatic N) is 2. The first kappa shape index (κ1) is 19.6. The van der Waals surface area contributed by atoms with Crippen LogP contribution in [-0.2, 0) is 0 Å². The van der Waals surface area contributed by atoms with E-state index in [2.05, 4.69) is 15.7 Å². The number of rotatable bonds is 3. The summed E-state index contributed by atoms with van der Waals surface area (Å²) in [4.78, 5) is 13.5. The van der Waals surface area contributed by atoms with Crippen LogP contribution in [0.4, 0.5) is 24.7 Å². The van der Waals surface area contributed by atoms with E-state index < -0.39 is 24.2 Å². The minimum absolute atomic E-state index is 0.0315. The van der Waals surface area contributed by atoms with Crippen LogP contribution in [0.5, 0.6) is 5.75 Å². The third kappa shape index (κ3) is 3.77. The molecule has 3 heterocycles. The Morgan fingerprint density at radius 1 is 1.38 bits per heavy atom. The fourth-order valence-corrected chi connectivity index (χ4v) is 4.17. The quantitative estimate of drug-likeness (QED) is 0.486. The molecular formula is C18H14ClF3N4O2S. The highest BCUT2D eigenvalue weighted by atomic mass is 35.5. The number of hydrogen-bond acceptors (Lipinski definition) is 5. The molecule has 1 aliphatic rings. The standard InChI is InChI=1S/C18H14ClF3N4O2S/c19-9-3-4-13(27)11(6-9)25-17(28)10-8-23-26-15(18(20,21)22)7-12(24-16(10)26)14-2-1-5-29-14/h1-6,8,12,15,24,27H,7H2,(H,25,28)/t12-,15-/m0/s1. The Hall–Kier alpha value is -2.72. The first-order valence-corrected chi connectivity index (χ1v) is 9.74. The maximum Gasteiger partial charge on any atom is 0.410 e. The smallest absolute Gasteiger partial charge is 0.410 e. The second kappa shape index (κ2) is 7.27. The molecular weight excluding hydrogens is 429 g/mol. The third-order valence-corrected chi connectivity index (χ3v) is 5.80. The van der Waals surface area contributed by atoms with Crippen LogP contribution in [0.15, 0.2) is 41.9 Å². The van der Waals surface area contributed by atoms with Crippen LogP contribution >= 0.6 is 22.9 Å². The van der Waals surface area contributed by atoms with Gasteiger partial charge in [0.05, 0.1) is 17.9 Å². The van der Waals surface area contributed by atoms with Gasteiger partial charge in [-0.15, -0.1) is 11.3 Å². The molecule has 0 bridgehead atoms. The van der Waals surface area contributed by atoms with Crippen LogP contribution in [-0.4, -0.2) is 27.0 Å². The molecule has 29 heavy (non-hydrogen) atoms. The van der Waals surface area contributed by atoms with Gasteiger partial charge in [-0.25, -0.2) is 4.68 Å². The minimum atomic E-state index is -4.53. The molecule has 2 atom stereocenters. The molecule has 0 unspecified atom stereocenters. The van der Waals surface area contributed by atoms with E-state index in [1.807, 2.05) is 0 Å². The van der Waals surface area contributed by atoms with Crippen LogP contribution in [0, 0.1) is 0 Å². The number of benzene rings is 1. The lowest BCUT2D eigenvalue weighted by Crippen LogP contribution is -2.36. The van der Waals surface area contributed by atoms with Gasteiger partial charge in [0.15, 0.2) is 6.04 Å². The Balaban J connectivity index is 1.70. The summed E-state index contributed by atoms with van der Waals surface area (Å²) >= 11 is 7.20. The third-order valence-electron chi connectivity index (χ3n) is 4.58. The molecule has 3 N–H and O–H groups in total. The molecule has 1 aromatic carbocycles. The average Bonchev–Trinajstić information content (AvgIpc) is 3.32. The van der Waals surface area contributed by atoms with Gasteiger partial charge in [-0.05, 0) is 29.6 Å². The van der Waals surface area contributed by atoms with Gasteiger partial charge >= 0.3 is 6.18 Å². The Morgan fingerprint density at radius 2 is 2.17 bits per heavy atom. The number of hydrogen-bond donors (Lipinski definition) is 3. The summed E-state index contributed by atoms with van der Waals surface area (Å²) in [5.41, 5.74) is -0.0275. The zero-order valence-electron chi connectivity index (χ0n) is 14.6. The van der Waals surface area contributed by atoms with Crippen molar-refractivity contribution in [1.82, 2.24) is 9.78 Å². The van der Waals surface area contributed by atoms with Gasteiger partial charge in [0, 0.05) is 16.3 Å². The van der Waals surface area contributed by atoms with Crippen LogP contribution < -0.4 is 10.6 Å². The van der Waals surface area contributed by atoms with Gasteiger partial charge in [-0.1, -0.05) is 17.7 Å². The second-order valence-electron chi connectivity index (χ2n) is 6.47. The maximum absolute atomic E-state index is 13.7. The van der Waals surface area contributed by atoms with E-state index in [9.17, 15) is 23.1 Å². The van der Waals surface area contributed by atoms with Crippen LogP contribution in [0.1, 0.15) is 33.7 Å². The lowest BCUT2D eigenvalue weighted by molar-refractivity contribution is -0.173. The topological polar surface area (TPSA) is 79.2 Å². The molecule has 0 aliphatic carbocycles. The van der Waals surface area contributed by atoms with E-state index in [-0.39, 0.29) is 34.3 Å². The first-order valence-electron chi connectivity index (χ1n) is 8.48. The van der Waals surface area contributed by atoms with Crippen molar-refractivity contribution in [2.24, 2.45) is 0 Å². The highest BCUT2D eigenvalue weighted by Crippen LogP contribution is 2.45. The van der Waals surface area contributed by atoms with Gasteiger partial charge in [0.2, 0.25) is 0 Å². The highest BCUT2D eigenvalue weighted by Gasteiger charge is 2.47. The zero-order valence-corrected chi connectivity index (χ0v) is 16.1. The SMILES string of the molecule is O=C(Nc1cc(Cl)ccc1O)c1cnn2c1N[C@H](c1cccs1)C[C@H]2C(F)(F)F. The van der Waals surface area contributed by atoms with E-state index in [0.717, 1.165) is 15.8 Å². The zero-order chi connectivity index (χ0) is 20.8. The van der Waals surface area contributed by atoms with E-state index >= 15 is 0 Å². The monoisotopic (exact) mass is 442 g/mol. The molecule has 2 aromatic heterocycles. The summed E-state index contributed by atoms with van der Waals surface area (Å²) in [5.74, 6) is -0.971. The number of halogens is 4. The van der Waals surface area contributed by atoms with Crippen molar-refractivity contribution in [3.8, 4) is 5.75 Å². The number of anilines is 2. The molecule has 4 rings (SSSR count). The molecule has 0 saturated carbocycles. The highest BCUT2D eigenvalue weighted by molar-refractivity contribution is 7.10. The Morgan fingerprint density at radius 3 is 2.86 bits per heavy atom. The molecule has 0 saturated heterocycles. The van der Waals surface area contributed by atoms with Crippen molar-refractivity contribution < 1.29 is 23.1 Å². The minimum Gasteiger partial charge on any atom is -0.506 e. The molecule has 152 valence electrons. The molecule has 3 aromatic rings. The number of thiophene rings is 1. The first-order chi connectivity index (χ1) is 13.7. The fraction of sp³-hybridized carbons (Fsp3) is 0.222. The van der Waals surface area contributed by atoms with Gasteiger partial charge < -0.3 is 15.7 Å². The van der Waals surface area contributed by atoms with Crippen LogP contribution in [0.3, 0.4) is 0 Å². The van der Waals surface area contributed by atoms with E-state index in [4.69, 9.17) is 11.6 Å². The number of fused-ring (bicyclic) bond motifs is 1. The molecule has 11 heteroatoms. The normalized spacial score (nSPS) is 18.8. The van der Waals surface area contributed by atoms with E-state index in [1.54, 1.807) is 17.5 Å². The van der Waals surface area contributed by atoms with Crippen molar-refractivity contribution in [1.29, 1.82) is 0 Å². The van der Waals surface area contributed by atoms with Crippen molar-refractivity contribution in [3.63, 3.8) is 0 Å². The summed E-state index contributed by atoms with van der Waals surface area (Å²) in [6, 6.07) is 5.09. The Kier molecular flexibility index (Phi) is 4.91. The van der Waals surface area contributed by atoms with E-state index in [0.29, 0.717) is 0 Å². The maximum atomic E-state index is 13.7. The van der Waals surface area contributed by atoms with Crippen molar-refractivity contribution in [2.75, 3.05) is 10.6 Å². The summed E-state index contributed by atoms with van der Waals surface area (Å²) in [6.07, 6.45) is -3.69. The number of carbonyl (C=O) groups excluding carboxylic acids is 1. The summed E-state index contributed by atoms with van der Waals surface area (Å²) in [5, 5.41) is 21.2. The van der Waals surface area contributed by atoms with Gasteiger partial charge in [0.25, 0.3) is 5.91 Å². The largest absolute Gasteiger partial charge is 0.506 e. The summed E-state index contributed by atoms with van der Waals surface area (Å²) in [7, 11) is 0. The molecule has 0 fully saturated rings. The average molecular weight is 443 g/mol. The lowest BCUT2D eigenvalue weighted by Gasteiger charge is -2.33. The predicted molar refractivity (Wildman–Crippen MR) is 104 cm³/mol. The predicted octanol–water partition coefficient (Wildman–Crippen LogP) is 5.22. The molecule has 0 radical (unpaired) electrons. The summed E-state index contributed by atoms with van der Waals surface area (Å²) in [6.45, 7) is 0. The molecule has 6 nitrogen and oxygen atoms in total. The number of nitrogens with one attached hydrogen (secondary N) is 2. The van der Waals surface area contributed by atoms with Crippen molar-refractivity contribution >= 4 is 40.4 Å². The molecule has 1 aliphatic heterocycles. The molecule has 0 spiro atoms. The molecule has 1 amide bonds. The van der Waals surface area contributed by atoms with Crippen LogP contribution in [0.2, 0.25) is 5.02 Å². The fourth-order valence-electron chi connectivity index (χ4n) is 3.20. The van der Waals surface area contributed by atoms with Gasteiger partial charge in [-0.2, -0.15) is 18.3 Å². The lowest BCUT2D eigenvalue weighted by atomic mass is 10.0. The Labute approximate surface area is 171 Å². The van der Waals surface area contributed by atoms with Crippen LogP contribution in [0.25, 0.3) is 0 Å². The number of carbonyl (C=O) groups is 1. The Bertz CT molecular complexity index is 1050. The number of phenolic OH excluding ortho intramolecular Hbond substituents is 1. The number of phenols is 1. The number of alkyl halides is 3. The van der Waals surface area contributed by atoms with Gasteiger partial charge in [-0.3, -0.25) is 4.79 Å². The van der Waals surface area contributed by atoms with Crippen molar-refractivity contribution in [2.45, 2.75) is 24.7 Å². The number of amides is 1. The number of aromatic hydroxyl groups is 1. The van der Waals surface area contributed by atoms with E-state index in [1.165, 1.54) is 29.5 Å².